The van der Waals surface area contributed by atoms with Crippen molar-refractivity contribution >= 4 is 23.6 Å². The van der Waals surface area contributed by atoms with Gasteiger partial charge in [0, 0.05) is 30.2 Å². The molecule has 0 aliphatic carbocycles. The van der Waals surface area contributed by atoms with Gasteiger partial charge in [0.05, 0.1) is 6.10 Å². The number of piperidine rings is 1. The first-order valence-electron chi connectivity index (χ1n) is 8.17. The number of nitrogens with zero attached hydrogens (tertiary/aromatic N) is 1. The predicted octanol–water partition coefficient (Wildman–Crippen LogP) is 2.71. The normalized spacial score (nSPS) is 17.3. The van der Waals surface area contributed by atoms with Gasteiger partial charge in [-0.2, -0.15) is 0 Å². The molecule has 0 atom stereocenters. The van der Waals surface area contributed by atoms with Gasteiger partial charge in [0.15, 0.2) is 0 Å². The highest BCUT2D eigenvalue weighted by atomic mass is 35.5. The van der Waals surface area contributed by atoms with Crippen LogP contribution in [-0.4, -0.2) is 48.2 Å². The van der Waals surface area contributed by atoms with E-state index >= 15 is 0 Å². The van der Waals surface area contributed by atoms with Gasteiger partial charge in [-0.1, -0.05) is 29.8 Å². The molecule has 0 saturated carbocycles. The molecule has 0 unspecified atom stereocenters. The maximum atomic E-state index is 12.1. The highest BCUT2D eigenvalue weighted by Crippen LogP contribution is 2.18. The molecule has 126 valence electrons. The van der Waals surface area contributed by atoms with Crippen LogP contribution in [0.1, 0.15) is 31.7 Å². The molecule has 1 aliphatic rings. The SMILES string of the molecule is C/C(=C/c1ccccc1Cl)C(=O)NCCCN1CCC(O)CC1. The first-order valence-corrected chi connectivity index (χ1v) is 8.55. The summed E-state index contributed by atoms with van der Waals surface area (Å²) in [4.78, 5) is 14.4. The number of halogens is 1. The van der Waals surface area contributed by atoms with E-state index in [9.17, 15) is 9.90 Å². The molecule has 1 saturated heterocycles. The number of carbonyl (C=O) groups is 1. The van der Waals surface area contributed by atoms with Crippen molar-refractivity contribution in [2.24, 2.45) is 0 Å². The number of hydrogen-bond donors (Lipinski definition) is 2. The third kappa shape index (κ3) is 5.98. The van der Waals surface area contributed by atoms with Crippen LogP contribution in [0.4, 0.5) is 0 Å². The number of aliphatic hydroxyl groups is 1. The molecule has 2 N–H and O–H groups in total. The zero-order chi connectivity index (χ0) is 16.7. The first kappa shape index (κ1) is 18.0. The van der Waals surface area contributed by atoms with E-state index < -0.39 is 0 Å². The number of aliphatic hydroxyl groups excluding tert-OH is 1. The third-order valence-corrected chi connectivity index (χ3v) is 4.47. The van der Waals surface area contributed by atoms with Crippen LogP contribution in [-0.2, 0) is 4.79 Å². The fraction of sp³-hybridized carbons (Fsp3) is 0.500. The van der Waals surface area contributed by atoms with Gasteiger partial charge in [-0.15, -0.1) is 0 Å². The lowest BCUT2D eigenvalue weighted by Crippen LogP contribution is -2.37. The predicted molar refractivity (Wildman–Crippen MR) is 94.4 cm³/mol. The van der Waals surface area contributed by atoms with Gasteiger partial charge in [-0.3, -0.25) is 4.79 Å². The highest BCUT2D eigenvalue weighted by molar-refractivity contribution is 6.32. The summed E-state index contributed by atoms with van der Waals surface area (Å²) in [6, 6.07) is 7.48. The van der Waals surface area contributed by atoms with Gasteiger partial charge in [-0.05, 0) is 50.4 Å². The number of hydrogen-bond acceptors (Lipinski definition) is 3. The minimum Gasteiger partial charge on any atom is -0.393 e. The van der Waals surface area contributed by atoms with E-state index in [1.807, 2.05) is 30.3 Å². The lowest BCUT2D eigenvalue weighted by atomic mass is 10.1. The van der Waals surface area contributed by atoms with Crippen LogP contribution in [0.2, 0.25) is 5.02 Å². The number of nitrogens with one attached hydrogen (secondary N) is 1. The molecule has 1 amide bonds. The average molecular weight is 337 g/mol. The van der Waals surface area contributed by atoms with E-state index in [2.05, 4.69) is 10.2 Å². The summed E-state index contributed by atoms with van der Waals surface area (Å²) in [5.41, 5.74) is 1.51. The van der Waals surface area contributed by atoms with E-state index in [1.165, 1.54) is 0 Å². The van der Waals surface area contributed by atoms with Gasteiger partial charge in [0.25, 0.3) is 0 Å². The number of amides is 1. The Balaban J connectivity index is 1.71. The standard InChI is InChI=1S/C18H25ClN2O2/c1-14(13-15-5-2-3-6-17(15)19)18(23)20-9-4-10-21-11-7-16(22)8-12-21/h2-3,5-6,13,16,22H,4,7-12H2,1H3,(H,20,23)/b14-13-. The number of likely N-dealkylation sites (tertiary alicyclic amines) is 1. The van der Waals surface area contributed by atoms with E-state index in [0.29, 0.717) is 17.1 Å². The Morgan fingerprint density at radius 3 is 2.78 bits per heavy atom. The van der Waals surface area contributed by atoms with Crippen LogP contribution in [0.5, 0.6) is 0 Å². The smallest absolute Gasteiger partial charge is 0.246 e. The maximum Gasteiger partial charge on any atom is 0.246 e. The Hall–Kier alpha value is -1.36. The molecule has 23 heavy (non-hydrogen) atoms. The maximum absolute atomic E-state index is 12.1. The van der Waals surface area contributed by atoms with Gasteiger partial charge in [0.2, 0.25) is 5.91 Å². The minimum absolute atomic E-state index is 0.0565. The van der Waals surface area contributed by atoms with E-state index in [4.69, 9.17) is 11.6 Å². The molecule has 0 aromatic heterocycles. The molecule has 0 spiro atoms. The van der Waals surface area contributed by atoms with Crippen LogP contribution < -0.4 is 5.32 Å². The summed E-state index contributed by atoms with van der Waals surface area (Å²) < 4.78 is 0. The van der Waals surface area contributed by atoms with Crippen LogP contribution in [0.25, 0.3) is 6.08 Å². The Kier molecular flexibility index (Phi) is 7.09. The van der Waals surface area contributed by atoms with Gasteiger partial charge < -0.3 is 15.3 Å². The number of benzene rings is 1. The van der Waals surface area contributed by atoms with E-state index in [1.54, 1.807) is 6.92 Å². The summed E-state index contributed by atoms with van der Waals surface area (Å²) >= 11 is 6.10. The van der Waals surface area contributed by atoms with Crippen LogP contribution in [0, 0.1) is 0 Å². The summed E-state index contributed by atoms with van der Waals surface area (Å²) in [6.07, 6.45) is 4.30. The average Bonchev–Trinajstić information content (AvgIpc) is 2.55. The Bertz CT molecular complexity index is 552. The highest BCUT2D eigenvalue weighted by Gasteiger charge is 2.16. The van der Waals surface area contributed by atoms with Crippen LogP contribution in [0.3, 0.4) is 0 Å². The topological polar surface area (TPSA) is 52.6 Å². The van der Waals surface area contributed by atoms with Gasteiger partial charge >= 0.3 is 0 Å². The molecule has 4 nitrogen and oxygen atoms in total. The third-order valence-electron chi connectivity index (χ3n) is 4.13. The summed E-state index contributed by atoms with van der Waals surface area (Å²) in [7, 11) is 0. The molecule has 0 bridgehead atoms. The summed E-state index contributed by atoms with van der Waals surface area (Å²) in [5, 5.41) is 13.1. The second-order valence-electron chi connectivity index (χ2n) is 6.03. The zero-order valence-corrected chi connectivity index (χ0v) is 14.4. The van der Waals surface area contributed by atoms with Crippen molar-refractivity contribution < 1.29 is 9.90 Å². The van der Waals surface area contributed by atoms with Crippen molar-refractivity contribution in [2.45, 2.75) is 32.3 Å². The molecule has 1 aromatic rings. The molecule has 0 radical (unpaired) electrons. The van der Waals surface area contributed by atoms with Crippen LogP contribution in [0.15, 0.2) is 29.8 Å². The largest absolute Gasteiger partial charge is 0.393 e. The Labute approximate surface area is 143 Å². The Morgan fingerprint density at radius 1 is 1.39 bits per heavy atom. The zero-order valence-electron chi connectivity index (χ0n) is 13.6. The molecule has 1 heterocycles. The van der Waals surface area contributed by atoms with Crippen molar-refractivity contribution in [3.05, 3.63) is 40.4 Å². The Morgan fingerprint density at radius 2 is 2.09 bits per heavy atom. The molecular formula is C18H25ClN2O2. The van der Waals surface area contributed by atoms with Crippen LogP contribution >= 0.6 is 11.6 Å². The fourth-order valence-corrected chi connectivity index (χ4v) is 2.87. The minimum atomic E-state index is -0.136. The first-order chi connectivity index (χ1) is 11.1. The van der Waals surface area contributed by atoms with Crippen molar-refractivity contribution in [2.75, 3.05) is 26.2 Å². The lowest BCUT2D eigenvalue weighted by molar-refractivity contribution is -0.117. The molecule has 1 aromatic carbocycles. The van der Waals surface area contributed by atoms with Crippen molar-refractivity contribution in [1.29, 1.82) is 0 Å². The monoisotopic (exact) mass is 336 g/mol. The summed E-state index contributed by atoms with van der Waals surface area (Å²) in [5.74, 6) is -0.0565. The number of carbonyl (C=O) groups excluding carboxylic acids is 1. The molecule has 2 rings (SSSR count). The quantitative estimate of drug-likeness (QED) is 0.620. The molecule has 1 fully saturated rings. The molecule has 5 heteroatoms. The van der Waals surface area contributed by atoms with Crippen molar-refractivity contribution in [1.82, 2.24) is 10.2 Å². The van der Waals surface area contributed by atoms with E-state index in [-0.39, 0.29) is 12.0 Å². The van der Waals surface area contributed by atoms with Gasteiger partial charge in [-0.25, -0.2) is 0 Å². The van der Waals surface area contributed by atoms with Gasteiger partial charge in [0.1, 0.15) is 0 Å². The summed E-state index contributed by atoms with van der Waals surface area (Å²) in [6.45, 7) is 5.30. The van der Waals surface area contributed by atoms with Crippen molar-refractivity contribution in [3.63, 3.8) is 0 Å². The second-order valence-corrected chi connectivity index (χ2v) is 6.44. The fourth-order valence-electron chi connectivity index (χ4n) is 2.68. The molecular weight excluding hydrogens is 312 g/mol. The molecule has 1 aliphatic heterocycles. The second kappa shape index (κ2) is 9.06. The lowest BCUT2D eigenvalue weighted by Gasteiger charge is -2.29. The number of rotatable bonds is 6. The van der Waals surface area contributed by atoms with E-state index in [0.717, 1.165) is 44.5 Å². The van der Waals surface area contributed by atoms with Crippen molar-refractivity contribution in [3.8, 4) is 0 Å².